The Labute approximate surface area is 152 Å². The van der Waals surface area contributed by atoms with Crippen LogP contribution in [0.4, 0.5) is 4.39 Å². The van der Waals surface area contributed by atoms with Gasteiger partial charge in [0.15, 0.2) is 5.41 Å². The number of rotatable bonds is 2. The fourth-order valence-corrected chi connectivity index (χ4v) is 4.07. The van der Waals surface area contributed by atoms with E-state index in [1.165, 1.54) is 12.1 Å². The summed E-state index contributed by atoms with van der Waals surface area (Å²) in [5, 5.41) is 29.5. The maximum atomic E-state index is 13.9. The fourth-order valence-electron chi connectivity index (χ4n) is 4.07. The number of nitriles is 3. The average Bonchev–Trinajstić information content (AvgIpc) is 2.66. The van der Waals surface area contributed by atoms with Crippen LogP contribution < -0.4 is 5.73 Å². The molecule has 1 heterocycles. The first-order valence-electron chi connectivity index (χ1n) is 8.43. The molecule has 0 aromatic heterocycles. The van der Waals surface area contributed by atoms with Crippen LogP contribution >= 0.6 is 0 Å². The van der Waals surface area contributed by atoms with Gasteiger partial charge in [-0.25, -0.2) is 4.39 Å². The van der Waals surface area contributed by atoms with Crippen molar-refractivity contribution in [2.24, 2.45) is 17.1 Å². The second kappa shape index (κ2) is 6.64. The van der Waals surface area contributed by atoms with Gasteiger partial charge in [-0.05, 0) is 29.8 Å². The Kier molecular flexibility index (Phi) is 4.51. The predicted molar refractivity (Wildman–Crippen MR) is 93.3 cm³/mol. The predicted octanol–water partition coefficient (Wildman–Crippen LogP) is 2.57. The van der Waals surface area contributed by atoms with Gasteiger partial charge in [0.25, 0.3) is 0 Å². The molecule has 3 rings (SSSR count). The number of nitrogens with two attached hydrogens (primary N) is 1. The molecule has 2 N–H and O–H groups in total. The van der Waals surface area contributed by atoms with Gasteiger partial charge >= 0.3 is 0 Å². The third-order valence-electron chi connectivity index (χ3n) is 5.40. The molecule has 0 fully saturated rings. The van der Waals surface area contributed by atoms with Crippen molar-refractivity contribution in [3.63, 3.8) is 0 Å². The minimum absolute atomic E-state index is 0.0355. The molecule has 0 saturated carbocycles. The Bertz CT molecular complexity index is 911. The highest BCUT2D eigenvalue weighted by Gasteiger charge is 2.54. The summed E-state index contributed by atoms with van der Waals surface area (Å²) >= 11 is 0. The second-order valence-electron chi connectivity index (χ2n) is 6.58. The molecule has 0 amide bonds. The van der Waals surface area contributed by atoms with Crippen LogP contribution in [0.5, 0.6) is 0 Å². The first-order chi connectivity index (χ1) is 12.5. The molecule has 6 heteroatoms. The Morgan fingerprint density at radius 1 is 1.31 bits per heavy atom. The van der Waals surface area contributed by atoms with Gasteiger partial charge in [0.2, 0.25) is 0 Å². The molecule has 0 unspecified atom stereocenters. The van der Waals surface area contributed by atoms with Crippen LogP contribution in [0.1, 0.15) is 18.4 Å². The smallest absolute Gasteiger partial charge is 0.191 e. The summed E-state index contributed by atoms with van der Waals surface area (Å²) in [5.74, 6) is -1.37. The zero-order valence-corrected chi connectivity index (χ0v) is 14.4. The summed E-state index contributed by atoms with van der Waals surface area (Å²) in [4.78, 5) is 2.16. The van der Waals surface area contributed by atoms with E-state index in [9.17, 15) is 20.2 Å². The number of nitrogens with zero attached hydrogens (tertiary/aromatic N) is 4. The van der Waals surface area contributed by atoms with E-state index in [0.717, 1.165) is 12.1 Å². The molecule has 2 aliphatic rings. The SMILES string of the molecule is CCN1CC=C2C(C#N)=C(N)C(C#N)(C#N)[C@H](c3cccc(F)c3)[C@@H]2C1. The van der Waals surface area contributed by atoms with Crippen molar-refractivity contribution in [2.45, 2.75) is 12.8 Å². The van der Waals surface area contributed by atoms with E-state index in [4.69, 9.17) is 5.73 Å². The standard InChI is InChI=1S/C20H18FN5/c1-2-26-7-6-15-16(9-22)19(25)20(11-23,12-24)18(17(15)10-26)13-4-3-5-14(21)8-13/h3-6,8,17-18H,2,7,10,25H2,1H3/t17-,18-/m1/s1. The topological polar surface area (TPSA) is 101 Å². The maximum Gasteiger partial charge on any atom is 0.191 e. The van der Waals surface area contributed by atoms with Crippen LogP contribution in [0.25, 0.3) is 0 Å². The van der Waals surface area contributed by atoms with E-state index < -0.39 is 17.2 Å². The van der Waals surface area contributed by atoms with Crippen molar-refractivity contribution in [3.05, 3.63) is 58.6 Å². The van der Waals surface area contributed by atoms with Gasteiger partial charge in [0, 0.05) is 24.9 Å². The van der Waals surface area contributed by atoms with Crippen molar-refractivity contribution in [3.8, 4) is 18.2 Å². The van der Waals surface area contributed by atoms with E-state index in [-0.39, 0.29) is 17.2 Å². The monoisotopic (exact) mass is 347 g/mol. The van der Waals surface area contributed by atoms with E-state index in [1.54, 1.807) is 12.1 Å². The number of benzene rings is 1. The quantitative estimate of drug-likeness (QED) is 0.886. The molecule has 0 radical (unpaired) electrons. The zero-order valence-electron chi connectivity index (χ0n) is 14.4. The van der Waals surface area contributed by atoms with Crippen LogP contribution in [-0.2, 0) is 0 Å². The van der Waals surface area contributed by atoms with E-state index >= 15 is 0 Å². The lowest BCUT2D eigenvalue weighted by Crippen LogP contribution is -2.48. The Morgan fingerprint density at radius 2 is 2.04 bits per heavy atom. The van der Waals surface area contributed by atoms with Gasteiger partial charge in [-0.2, -0.15) is 15.8 Å². The van der Waals surface area contributed by atoms with Crippen molar-refractivity contribution in [1.29, 1.82) is 15.8 Å². The van der Waals surface area contributed by atoms with Gasteiger partial charge in [-0.1, -0.05) is 25.1 Å². The third-order valence-corrected chi connectivity index (χ3v) is 5.40. The minimum Gasteiger partial charge on any atom is -0.399 e. The highest BCUT2D eigenvalue weighted by Crippen LogP contribution is 2.54. The molecule has 1 aromatic rings. The van der Waals surface area contributed by atoms with E-state index in [2.05, 4.69) is 23.1 Å². The zero-order chi connectivity index (χ0) is 18.9. The molecule has 0 saturated heterocycles. The third kappa shape index (κ3) is 2.46. The molecule has 1 aliphatic carbocycles. The molecule has 1 aliphatic heterocycles. The summed E-state index contributed by atoms with van der Waals surface area (Å²) in [6.45, 7) is 4.06. The Hall–Kier alpha value is -3.14. The summed E-state index contributed by atoms with van der Waals surface area (Å²) in [5.41, 5.74) is 5.96. The van der Waals surface area contributed by atoms with Crippen LogP contribution in [0, 0.1) is 51.1 Å². The summed E-state index contributed by atoms with van der Waals surface area (Å²) in [6, 6.07) is 12.1. The molecule has 130 valence electrons. The van der Waals surface area contributed by atoms with Crippen LogP contribution in [0.2, 0.25) is 0 Å². The fraction of sp³-hybridized carbons (Fsp3) is 0.350. The highest BCUT2D eigenvalue weighted by molar-refractivity contribution is 5.59. The minimum atomic E-state index is -1.71. The lowest BCUT2D eigenvalue weighted by atomic mass is 9.58. The molecule has 2 atom stereocenters. The van der Waals surface area contributed by atoms with Gasteiger partial charge in [0.1, 0.15) is 11.9 Å². The number of fused-ring (bicyclic) bond motifs is 1. The number of hydrogen-bond acceptors (Lipinski definition) is 5. The van der Waals surface area contributed by atoms with Crippen LogP contribution in [-0.4, -0.2) is 24.5 Å². The molecule has 26 heavy (non-hydrogen) atoms. The van der Waals surface area contributed by atoms with Gasteiger partial charge in [0.05, 0.1) is 23.4 Å². The van der Waals surface area contributed by atoms with Gasteiger partial charge in [-0.3, -0.25) is 4.90 Å². The number of halogens is 1. The molecule has 0 spiro atoms. The first-order valence-corrected chi connectivity index (χ1v) is 8.43. The lowest BCUT2D eigenvalue weighted by molar-refractivity contribution is 0.214. The number of hydrogen-bond donors (Lipinski definition) is 1. The van der Waals surface area contributed by atoms with Crippen LogP contribution in [0.3, 0.4) is 0 Å². The van der Waals surface area contributed by atoms with Crippen molar-refractivity contribution >= 4 is 0 Å². The molecular formula is C20H18FN5. The second-order valence-corrected chi connectivity index (χ2v) is 6.58. The largest absolute Gasteiger partial charge is 0.399 e. The van der Waals surface area contributed by atoms with Gasteiger partial charge < -0.3 is 5.73 Å². The Balaban J connectivity index is 2.32. The van der Waals surface area contributed by atoms with Crippen molar-refractivity contribution in [1.82, 2.24) is 4.90 Å². The summed E-state index contributed by atoms with van der Waals surface area (Å²) < 4.78 is 13.9. The molecular weight excluding hydrogens is 329 g/mol. The van der Waals surface area contributed by atoms with Crippen LogP contribution in [0.15, 0.2) is 47.2 Å². The van der Waals surface area contributed by atoms with Crippen molar-refractivity contribution < 1.29 is 4.39 Å². The van der Waals surface area contributed by atoms with E-state index in [1.807, 2.05) is 13.0 Å². The molecule has 0 bridgehead atoms. The average molecular weight is 347 g/mol. The van der Waals surface area contributed by atoms with Crippen molar-refractivity contribution in [2.75, 3.05) is 19.6 Å². The first kappa shape index (κ1) is 17.7. The normalized spacial score (nSPS) is 24.7. The Morgan fingerprint density at radius 3 is 2.62 bits per heavy atom. The summed E-state index contributed by atoms with van der Waals surface area (Å²) in [6.07, 6.45) is 1.94. The molecule has 5 nitrogen and oxygen atoms in total. The number of allylic oxidation sites excluding steroid dienone is 2. The maximum absolute atomic E-state index is 13.9. The molecule has 1 aromatic carbocycles. The lowest BCUT2D eigenvalue weighted by Gasteiger charge is -2.45. The van der Waals surface area contributed by atoms with Gasteiger partial charge in [-0.15, -0.1) is 0 Å². The highest BCUT2D eigenvalue weighted by atomic mass is 19.1. The summed E-state index contributed by atoms with van der Waals surface area (Å²) in [7, 11) is 0. The van der Waals surface area contributed by atoms with E-state index in [0.29, 0.717) is 18.7 Å². The number of likely N-dealkylation sites (N-methyl/N-ethyl adjacent to an activating group) is 1.